The van der Waals surface area contributed by atoms with E-state index < -0.39 is 0 Å². The number of hydrogen-bond donors (Lipinski definition) is 0. The van der Waals surface area contributed by atoms with Crippen LogP contribution < -0.4 is 0 Å². The SMILES string of the molecule is [CH2]CCCC(Br)(CC)c1ccccc1. The third-order valence-corrected chi connectivity index (χ3v) is 4.09. The van der Waals surface area contributed by atoms with Crippen molar-refractivity contribution >= 4 is 15.9 Å². The van der Waals surface area contributed by atoms with Gasteiger partial charge in [0, 0.05) is 0 Å². The van der Waals surface area contributed by atoms with Gasteiger partial charge in [0.25, 0.3) is 0 Å². The molecule has 0 amide bonds. The van der Waals surface area contributed by atoms with Crippen LogP contribution in [0.2, 0.25) is 0 Å². The molecule has 14 heavy (non-hydrogen) atoms. The van der Waals surface area contributed by atoms with E-state index in [4.69, 9.17) is 0 Å². The fraction of sp³-hybridized carbons (Fsp3) is 0.462. The standard InChI is InChI=1S/C13H18Br/c1-3-5-11-13(14,4-2)12-9-7-6-8-10-12/h6-10H,1,3-5,11H2,2H3. The topological polar surface area (TPSA) is 0 Å². The molecule has 0 aliphatic rings. The van der Waals surface area contributed by atoms with Gasteiger partial charge in [-0.25, -0.2) is 0 Å². The second kappa shape index (κ2) is 5.55. The van der Waals surface area contributed by atoms with Crippen LogP contribution in [-0.4, -0.2) is 0 Å². The molecular weight excluding hydrogens is 236 g/mol. The highest BCUT2D eigenvalue weighted by Gasteiger charge is 2.25. The average Bonchev–Trinajstić information content (AvgIpc) is 2.27. The Bertz CT molecular complexity index is 255. The van der Waals surface area contributed by atoms with E-state index in [0.717, 1.165) is 19.3 Å². The highest BCUT2D eigenvalue weighted by molar-refractivity contribution is 9.09. The summed E-state index contributed by atoms with van der Waals surface area (Å²) in [5.74, 6) is 0. The van der Waals surface area contributed by atoms with Gasteiger partial charge in [-0.2, -0.15) is 0 Å². The molecule has 0 spiro atoms. The van der Waals surface area contributed by atoms with E-state index >= 15 is 0 Å². The van der Waals surface area contributed by atoms with Gasteiger partial charge in [0.2, 0.25) is 0 Å². The Kier molecular flexibility index (Phi) is 4.67. The lowest BCUT2D eigenvalue weighted by atomic mass is 9.91. The second-order valence-corrected chi connectivity index (χ2v) is 5.16. The molecule has 1 heteroatoms. The van der Waals surface area contributed by atoms with Gasteiger partial charge in [-0.1, -0.05) is 73.0 Å². The summed E-state index contributed by atoms with van der Waals surface area (Å²) in [6.45, 7) is 6.12. The summed E-state index contributed by atoms with van der Waals surface area (Å²) in [5.41, 5.74) is 1.39. The molecule has 1 atom stereocenters. The molecule has 0 N–H and O–H groups in total. The molecule has 1 unspecified atom stereocenters. The van der Waals surface area contributed by atoms with Crippen molar-refractivity contribution in [1.82, 2.24) is 0 Å². The van der Waals surface area contributed by atoms with E-state index in [1.165, 1.54) is 12.0 Å². The lowest BCUT2D eigenvalue weighted by molar-refractivity contribution is 0.540. The number of halogens is 1. The Morgan fingerprint density at radius 3 is 2.43 bits per heavy atom. The Balaban J connectivity index is 2.79. The Hall–Kier alpha value is -0.300. The first-order chi connectivity index (χ1) is 6.73. The lowest BCUT2D eigenvalue weighted by Crippen LogP contribution is -2.16. The summed E-state index contributed by atoms with van der Waals surface area (Å²) in [6.07, 6.45) is 4.47. The summed E-state index contributed by atoms with van der Waals surface area (Å²) in [5, 5.41) is 0. The average molecular weight is 254 g/mol. The third-order valence-electron chi connectivity index (χ3n) is 2.67. The van der Waals surface area contributed by atoms with E-state index in [1.807, 2.05) is 0 Å². The van der Waals surface area contributed by atoms with Crippen molar-refractivity contribution in [2.24, 2.45) is 0 Å². The minimum absolute atomic E-state index is 0.159. The van der Waals surface area contributed by atoms with E-state index in [0.29, 0.717) is 0 Å². The minimum Gasteiger partial charge on any atom is -0.0801 e. The van der Waals surface area contributed by atoms with E-state index in [1.54, 1.807) is 0 Å². The zero-order chi connectivity index (χ0) is 10.4. The third kappa shape index (κ3) is 2.84. The molecule has 0 saturated heterocycles. The van der Waals surface area contributed by atoms with Crippen molar-refractivity contribution in [1.29, 1.82) is 0 Å². The quantitative estimate of drug-likeness (QED) is 0.668. The van der Waals surface area contributed by atoms with Crippen molar-refractivity contribution in [2.45, 2.75) is 36.9 Å². The summed E-state index contributed by atoms with van der Waals surface area (Å²) in [7, 11) is 0. The number of rotatable bonds is 5. The van der Waals surface area contributed by atoms with Crippen LogP contribution in [-0.2, 0) is 4.32 Å². The van der Waals surface area contributed by atoms with Crippen molar-refractivity contribution in [2.75, 3.05) is 0 Å². The fourth-order valence-electron chi connectivity index (χ4n) is 1.67. The Morgan fingerprint density at radius 1 is 1.29 bits per heavy atom. The summed E-state index contributed by atoms with van der Waals surface area (Å²) in [6, 6.07) is 10.7. The van der Waals surface area contributed by atoms with Gasteiger partial charge in [-0.05, 0) is 18.4 Å². The minimum atomic E-state index is 0.159. The first-order valence-corrected chi connectivity index (χ1v) is 6.06. The van der Waals surface area contributed by atoms with E-state index in [-0.39, 0.29) is 4.32 Å². The van der Waals surface area contributed by atoms with Crippen molar-refractivity contribution in [3.63, 3.8) is 0 Å². The molecule has 0 aromatic heterocycles. The predicted molar refractivity (Wildman–Crippen MR) is 66.5 cm³/mol. The smallest absolute Gasteiger partial charge is 0.0503 e. The van der Waals surface area contributed by atoms with Gasteiger partial charge in [-0.3, -0.25) is 0 Å². The zero-order valence-electron chi connectivity index (χ0n) is 8.80. The largest absolute Gasteiger partial charge is 0.0801 e. The number of unbranched alkanes of at least 4 members (excludes halogenated alkanes) is 1. The first-order valence-electron chi connectivity index (χ1n) is 5.26. The van der Waals surface area contributed by atoms with Crippen LogP contribution in [0.25, 0.3) is 0 Å². The molecule has 0 bridgehead atoms. The monoisotopic (exact) mass is 253 g/mol. The Labute approximate surface area is 95.9 Å². The van der Waals surface area contributed by atoms with Gasteiger partial charge in [0.05, 0.1) is 4.32 Å². The molecular formula is C13H18Br. The molecule has 1 aromatic rings. The zero-order valence-corrected chi connectivity index (χ0v) is 10.4. The van der Waals surface area contributed by atoms with Gasteiger partial charge < -0.3 is 0 Å². The van der Waals surface area contributed by atoms with Gasteiger partial charge >= 0.3 is 0 Å². The van der Waals surface area contributed by atoms with E-state index in [9.17, 15) is 0 Å². The van der Waals surface area contributed by atoms with Crippen molar-refractivity contribution in [3.05, 3.63) is 42.8 Å². The predicted octanol–water partition coefficient (Wildman–Crippen LogP) is 4.69. The fourth-order valence-corrected chi connectivity index (χ4v) is 2.21. The van der Waals surface area contributed by atoms with Crippen LogP contribution in [0.15, 0.2) is 30.3 Å². The molecule has 0 saturated carbocycles. The van der Waals surface area contributed by atoms with E-state index in [2.05, 4.69) is 60.1 Å². The molecule has 0 nitrogen and oxygen atoms in total. The van der Waals surface area contributed by atoms with Gasteiger partial charge in [-0.15, -0.1) is 0 Å². The maximum absolute atomic E-state index is 3.90. The second-order valence-electron chi connectivity index (χ2n) is 3.64. The highest BCUT2D eigenvalue weighted by atomic mass is 79.9. The van der Waals surface area contributed by atoms with Gasteiger partial charge in [0.1, 0.15) is 0 Å². The van der Waals surface area contributed by atoms with Crippen LogP contribution >= 0.6 is 15.9 Å². The van der Waals surface area contributed by atoms with Crippen LogP contribution in [0.4, 0.5) is 0 Å². The summed E-state index contributed by atoms with van der Waals surface area (Å²) in [4.78, 5) is 0. The van der Waals surface area contributed by atoms with Crippen molar-refractivity contribution < 1.29 is 0 Å². The molecule has 1 aromatic carbocycles. The van der Waals surface area contributed by atoms with Crippen LogP contribution in [0.1, 0.15) is 38.2 Å². The van der Waals surface area contributed by atoms with Crippen LogP contribution in [0.3, 0.4) is 0 Å². The molecule has 0 aliphatic carbocycles. The molecule has 77 valence electrons. The molecule has 1 rings (SSSR count). The normalized spacial score (nSPS) is 15.1. The summed E-state index contributed by atoms with van der Waals surface area (Å²) < 4.78 is 0.159. The Morgan fingerprint density at radius 2 is 1.93 bits per heavy atom. The molecule has 0 heterocycles. The van der Waals surface area contributed by atoms with Crippen LogP contribution in [0, 0.1) is 6.92 Å². The van der Waals surface area contributed by atoms with Crippen molar-refractivity contribution in [3.8, 4) is 0 Å². The number of alkyl halides is 1. The maximum Gasteiger partial charge on any atom is 0.0503 e. The van der Waals surface area contributed by atoms with Crippen LogP contribution in [0.5, 0.6) is 0 Å². The lowest BCUT2D eigenvalue weighted by Gasteiger charge is -2.26. The van der Waals surface area contributed by atoms with Gasteiger partial charge in [0.15, 0.2) is 0 Å². The molecule has 1 radical (unpaired) electrons. The number of hydrogen-bond acceptors (Lipinski definition) is 0. The highest BCUT2D eigenvalue weighted by Crippen LogP contribution is 2.39. The number of benzene rings is 1. The first kappa shape index (κ1) is 11.8. The maximum atomic E-state index is 3.90. The molecule has 0 fully saturated rings. The molecule has 0 aliphatic heterocycles. The summed E-state index contributed by atoms with van der Waals surface area (Å²) >= 11 is 3.87.